The molecule has 1 aliphatic rings. The van der Waals surface area contributed by atoms with Gasteiger partial charge in [-0.25, -0.2) is 9.59 Å². The van der Waals surface area contributed by atoms with E-state index in [1.807, 2.05) is 30.3 Å². The maximum Gasteiger partial charge on any atom is 0.414 e. The van der Waals surface area contributed by atoms with E-state index in [0.29, 0.717) is 13.0 Å². The number of esters is 1. The van der Waals surface area contributed by atoms with Crippen molar-refractivity contribution >= 4 is 23.9 Å². The lowest BCUT2D eigenvalue weighted by atomic mass is 9.85. The summed E-state index contributed by atoms with van der Waals surface area (Å²) in [5, 5.41) is 21.0. The number of aliphatic carboxylic acids is 1. The number of likely N-dealkylation sites (tertiary alicyclic amines) is 1. The van der Waals surface area contributed by atoms with Crippen molar-refractivity contribution in [3.8, 4) is 0 Å². The van der Waals surface area contributed by atoms with E-state index in [0.717, 1.165) is 18.4 Å². The van der Waals surface area contributed by atoms with Crippen LogP contribution in [0.3, 0.4) is 0 Å². The zero-order chi connectivity index (χ0) is 26.9. The first-order chi connectivity index (χ1) is 17.7. The predicted octanol–water partition coefficient (Wildman–Crippen LogP) is 1.44. The number of aliphatic hydroxyl groups excluding tert-OH is 1. The average Bonchev–Trinajstić information content (AvgIpc) is 2.91. The monoisotopic (exact) mass is 514 g/mol. The van der Waals surface area contributed by atoms with Gasteiger partial charge in [0.1, 0.15) is 11.5 Å². The molecule has 0 spiro atoms. The number of aromatic nitrogens is 1. The number of hydrogen-bond donors (Lipinski definition) is 3. The number of pyridine rings is 1. The normalized spacial score (nSPS) is 17.7. The lowest BCUT2D eigenvalue weighted by Crippen LogP contribution is -2.50. The fourth-order valence-corrected chi connectivity index (χ4v) is 4.40. The zero-order valence-electron chi connectivity index (χ0n) is 20.8. The quantitative estimate of drug-likeness (QED) is 0.337. The summed E-state index contributed by atoms with van der Waals surface area (Å²) in [5.41, 5.74) is 0.875. The van der Waals surface area contributed by atoms with Crippen molar-refractivity contribution in [1.82, 2.24) is 10.2 Å². The van der Waals surface area contributed by atoms with Crippen molar-refractivity contribution in [3.63, 3.8) is 0 Å². The highest BCUT2D eigenvalue weighted by Gasteiger charge is 2.39. The molecule has 1 aliphatic heterocycles. The van der Waals surface area contributed by atoms with Gasteiger partial charge in [0.2, 0.25) is 0 Å². The Morgan fingerprint density at radius 3 is 2.51 bits per heavy atom. The van der Waals surface area contributed by atoms with Gasteiger partial charge in [0, 0.05) is 12.6 Å². The standard InChI is InChI=1S/C26H31N3O8/c1-17(30)22(24(32)33)27-23(31)19-11-8-13-28(15-19)16-37-26(35)29-14-7-6-12-20(29)21(25(34)36-2)18-9-4-3-5-10-18/h3-5,8-11,13,15,17,20-22,30H,6-7,12,14,16H2,1-2H3,(H-,27,31,32,33)/p+1/t17?,20-,21-,22+/m1/s1. The number of nitrogens with one attached hydrogen (secondary N) is 1. The second-order valence-corrected chi connectivity index (χ2v) is 8.84. The Morgan fingerprint density at radius 1 is 1.14 bits per heavy atom. The Bertz CT molecular complexity index is 1110. The molecule has 1 aromatic heterocycles. The Morgan fingerprint density at radius 2 is 1.86 bits per heavy atom. The third kappa shape index (κ3) is 7.04. The minimum absolute atomic E-state index is 0.121. The summed E-state index contributed by atoms with van der Waals surface area (Å²) in [5.74, 6) is -3.15. The molecule has 2 amide bonds. The maximum atomic E-state index is 13.1. The van der Waals surface area contributed by atoms with Crippen molar-refractivity contribution in [2.24, 2.45) is 0 Å². The topological polar surface area (TPSA) is 146 Å². The van der Waals surface area contributed by atoms with Crippen LogP contribution < -0.4 is 9.88 Å². The van der Waals surface area contributed by atoms with Gasteiger partial charge >= 0.3 is 18.0 Å². The molecule has 1 saturated heterocycles. The minimum Gasteiger partial charge on any atom is -0.480 e. The first-order valence-corrected chi connectivity index (χ1v) is 12.0. The van der Waals surface area contributed by atoms with Crippen LogP contribution >= 0.6 is 0 Å². The lowest BCUT2D eigenvalue weighted by Gasteiger charge is -2.38. The Balaban J connectivity index is 1.71. The van der Waals surface area contributed by atoms with E-state index in [1.165, 1.54) is 30.9 Å². The molecule has 4 atom stereocenters. The third-order valence-corrected chi connectivity index (χ3v) is 6.27. The van der Waals surface area contributed by atoms with Gasteiger partial charge in [-0.1, -0.05) is 30.3 Å². The SMILES string of the molecule is COC(=O)[C@H](c1ccccc1)[C@H]1CCCCN1C(=O)OC[n+]1cccc(C(=O)N[C@H](C(=O)O)C(C)O)c1. The molecule has 0 bridgehead atoms. The van der Waals surface area contributed by atoms with Crippen molar-refractivity contribution < 1.29 is 43.4 Å². The third-order valence-electron chi connectivity index (χ3n) is 6.27. The van der Waals surface area contributed by atoms with Crippen LogP contribution in [0, 0.1) is 0 Å². The number of aliphatic hydroxyl groups is 1. The molecule has 2 heterocycles. The van der Waals surface area contributed by atoms with Crippen LogP contribution in [0.2, 0.25) is 0 Å². The molecule has 11 heteroatoms. The molecule has 11 nitrogen and oxygen atoms in total. The van der Waals surface area contributed by atoms with Crippen molar-refractivity contribution in [3.05, 3.63) is 66.0 Å². The van der Waals surface area contributed by atoms with E-state index in [9.17, 15) is 29.4 Å². The summed E-state index contributed by atoms with van der Waals surface area (Å²) in [6.07, 6.45) is 3.33. The second-order valence-electron chi connectivity index (χ2n) is 8.84. The van der Waals surface area contributed by atoms with Gasteiger partial charge in [-0.15, -0.1) is 0 Å². The zero-order valence-corrected chi connectivity index (χ0v) is 20.8. The number of methoxy groups -OCH3 is 1. The highest BCUT2D eigenvalue weighted by molar-refractivity contribution is 5.96. The first kappa shape index (κ1) is 27.6. The van der Waals surface area contributed by atoms with Crippen molar-refractivity contribution in [2.45, 2.75) is 57.0 Å². The molecule has 2 aromatic rings. The van der Waals surface area contributed by atoms with Gasteiger partial charge in [0.15, 0.2) is 18.4 Å². The van der Waals surface area contributed by atoms with Crippen molar-refractivity contribution in [1.29, 1.82) is 0 Å². The summed E-state index contributed by atoms with van der Waals surface area (Å²) >= 11 is 0. The predicted molar refractivity (Wildman–Crippen MR) is 129 cm³/mol. The Kier molecular flexibility index (Phi) is 9.56. The van der Waals surface area contributed by atoms with E-state index in [-0.39, 0.29) is 12.3 Å². The van der Waals surface area contributed by atoms with E-state index in [4.69, 9.17) is 9.47 Å². The van der Waals surface area contributed by atoms with Crippen LogP contribution in [0.4, 0.5) is 4.79 Å². The van der Waals surface area contributed by atoms with Crippen LogP contribution in [-0.2, 0) is 25.8 Å². The van der Waals surface area contributed by atoms with E-state index >= 15 is 0 Å². The van der Waals surface area contributed by atoms with Crippen LogP contribution in [0.1, 0.15) is 48.0 Å². The van der Waals surface area contributed by atoms with Gasteiger partial charge in [0.05, 0.1) is 19.3 Å². The molecule has 37 heavy (non-hydrogen) atoms. The van der Waals surface area contributed by atoms with Crippen molar-refractivity contribution in [2.75, 3.05) is 13.7 Å². The van der Waals surface area contributed by atoms with E-state index in [2.05, 4.69) is 5.32 Å². The average molecular weight is 515 g/mol. The Hall–Kier alpha value is -3.99. The number of carboxylic acids is 1. The summed E-state index contributed by atoms with van der Waals surface area (Å²) in [6, 6.07) is 10.3. The summed E-state index contributed by atoms with van der Waals surface area (Å²) < 4.78 is 12.0. The Labute approximate surface area is 214 Å². The second kappa shape index (κ2) is 12.8. The largest absolute Gasteiger partial charge is 0.480 e. The van der Waals surface area contributed by atoms with E-state index in [1.54, 1.807) is 17.2 Å². The molecule has 198 valence electrons. The van der Waals surface area contributed by atoms with Gasteiger partial charge in [-0.3, -0.25) is 9.59 Å². The van der Waals surface area contributed by atoms with Crippen LogP contribution in [0.25, 0.3) is 0 Å². The number of benzene rings is 1. The molecule has 0 saturated carbocycles. The summed E-state index contributed by atoms with van der Waals surface area (Å²) in [4.78, 5) is 51.1. The number of hydrogen-bond acceptors (Lipinski definition) is 7. The molecular weight excluding hydrogens is 482 g/mol. The first-order valence-electron chi connectivity index (χ1n) is 12.0. The number of nitrogens with zero attached hydrogens (tertiary/aromatic N) is 2. The number of carboxylic acid groups (broad SMARTS) is 1. The molecule has 3 rings (SSSR count). The summed E-state index contributed by atoms with van der Waals surface area (Å²) in [6.45, 7) is 1.48. The highest BCUT2D eigenvalue weighted by Crippen LogP contribution is 2.32. The lowest BCUT2D eigenvalue weighted by molar-refractivity contribution is -0.727. The fraction of sp³-hybridized carbons (Fsp3) is 0.423. The molecule has 0 aliphatic carbocycles. The number of piperidine rings is 1. The van der Waals surface area contributed by atoms with Gasteiger partial charge in [-0.2, -0.15) is 4.57 Å². The smallest absolute Gasteiger partial charge is 0.414 e. The molecule has 1 aromatic carbocycles. The minimum atomic E-state index is -1.47. The van der Waals surface area contributed by atoms with Gasteiger partial charge in [0.25, 0.3) is 12.6 Å². The maximum absolute atomic E-state index is 13.1. The van der Waals surface area contributed by atoms with E-state index < -0.39 is 48.0 Å². The molecule has 1 unspecified atom stereocenters. The number of amides is 2. The number of ether oxygens (including phenoxy) is 2. The number of rotatable bonds is 9. The van der Waals surface area contributed by atoms with Crippen LogP contribution in [0.15, 0.2) is 54.9 Å². The molecule has 0 radical (unpaired) electrons. The highest BCUT2D eigenvalue weighted by atomic mass is 16.6. The van der Waals surface area contributed by atoms with Gasteiger partial charge < -0.3 is 29.9 Å². The molecular formula is C26H32N3O8+. The molecule has 1 fully saturated rings. The number of carbonyl (C=O) groups is 4. The number of carbonyl (C=O) groups excluding carboxylic acids is 3. The van der Waals surface area contributed by atoms with Gasteiger partial charge in [-0.05, 0) is 37.8 Å². The fourth-order valence-electron chi connectivity index (χ4n) is 4.40. The van der Waals surface area contributed by atoms with Crippen LogP contribution in [-0.4, -0.2) is 70.9 Å². The molecule has 3 N–H and O–H groups in total. The van der Waals surface area contributed by atoms with Crippen LogP contribution in [0.5, 0.6) is 0 Å². The summed E-state index contributed by atoms with van der Waals surface area (Å²) in [7, 11) is 1.32.